The van der Waals surface area contributed by atoms with Crippen molar-refractivity contribution in [1.82, 2.24) is 0 Å². The van der Waals surface area contributed by atoms with Crippen LogP contribution in [0.2, 0.25) is 0 Å². The fourth-order valence-corrected chi connectivity index (χ4v) is 5.53. The van der Waals surface area contributed by atoms with Crippen LogP contribution >= 0.6 is 18.0 Å². The van der Waals surface area contributed by atoms with E-state index < -0.39 is 12.8 Å². The molecular weight excluding hydrogens is 499 g/mol. The zero-order valence-corrected chi connectivity index (χ0v) is 25.1. The van der Waals surface area contributed by atoms with E-state index in [-0.39, 0.29) is 31.3 Å². The van der Waals surface area contributed by atoms with E-state index in [1.807, 2.05) is 0 Å². The largest absolute Gasteiger partial charge is 0.462 e. The van der Waals surface area contributed by atoms with Gasteiger partial charge in [-0.3, -0.25) is 14.2 Å². The van der Waals surface area contributed by atoms with E-state index in [9.17, 15) is 14.2 Å². The lowest BCUT2D eigenvalue weighted by atomic mass is 10.1. The number of hydrogen-bond donors (Lipinski definition) is 0. The minimum Gasteiger partial charge on any atom is -0.462 e. The van der Waals surface area contributed by atoms with Gasteiger partial charge in [-0.2, -0.15) is 0 Å². The normalized spacial score (nSPS) is 13.8. The Morgan fingerprint density at radius 1 is 0.639 bits per heavy atom. The topological polar surface area (TPSA) is 78.9 Å². The Bertz CT molecular complexity index is 586. The Hall–Kier alpha value is -0.580. The van der Waals surface area contributed by atoms with Gasteiger partial charge in [0.2, 0.25) is 0 Å². The number of rotatable bonds is 26. The van der Waals surface area contributed by atoms with Crippen molar-refractivity contribution >= 4 is 29.9 Å². The summed E-state index contributed by atoms with van der Waals surface area (Å²) in [5, 5.41) is 0. The van der Waals surface area contributed by atoms with E-state index in [1.54, 1.807) is 0 Å². The first-order valence-electron chi connectivity index (χ1n) is 14.6. The molecule has 0 amide bonds. The van der Waals surface area contributed by atoms with E-state index in [1.165, 1.54) is 51.4 Å². The first kappa shape index (κ1) is 35.4. The van der Waals surface area contributed by atoms with E-state index in [0.717, 1.165) is 51.4 Å². The molecule has 0 spiro atoms. The molecule has 0 saturated heterocycles. The van der Waals surface area contributed by atoms with Crippen molar-refractivity contribution in [3.8, 4) is 0 Å². The minimum absolute atomic E-state index is 0.107. The SMILES string of the molecule is CCCCCCCCCC(=O)OC[C@@H](COP(=O)(Cl)CCCCC)OC(=O)CCCCCCCCC. The summed E-state index contributed by atoms with van der Waals surface area (Å²) in [6, 6.07) is 0. The standard InChI is InChI=1S/C28H54ClO6P/c1-4-7-10-12-14-16-18-21-27(30)33-24-26(25-34-36(29,32)23-20-9-6-3)35-28(31)22-19-17-15-13-11-8-5-2/h26H,4-25H2,1-3H3/t26-,36?/m0/s1. The average Bonchev–Trinajstić information content (AvgIpc) is 2.84. The van der Waals surface area contributed by atoms with Gasteiger partial charge in [0.1, 0.15) is 6.61 Å². The molecule has 0 rings (SSSR count). The molecular formula is C28H54ClO6P. The van der Waals surface area contributed by atoms with Crippen molar-refractivity contribution in [1.29, 1.82) is 0 Å². The van der Waals surface area contributed by atoms with Crippen molar-refractivity contribution in [3.05, 3.63) is 0 Å². The predicted molar refractivity (Wildman–Crippen MR) is 150 cm³/mol. The first-order chi connectivity index (χ1) is 17.3. The number of unbranched alkanes of at least 4 members (excludes halogenated alkanes) is 14. The van der Waals surface area contributed by atoms with Gasteiger partial charge in [0.25, 0.3) is 6.72 Å². The van der Waals surface area contributed by atoms with Crippen LogP contribution in [0.4, 0.5) is 0 Å². The quantitative estimate of drug-likeness (QED) is 0.0604. The molecule has 214 valence electrons. The number of halogens is 1. The van der Waals surface area contributed by atoms with Gasteiger partial charge in [0, 0.05) is 19.0 Å². The van der Waals surface area contributed by atoms with Crippen molar-refractivity contribution in [3.63, 3.8) is 0 Å². The predicted octanol–water partition coefficient (Wildman–Crippen LogP) is 9.36. The maximum absolute atomic E-state index is 12.5. The van der Waals surface area contributed by atoms with Gasteiger partial charge in [-0.05, 0) is 30.5 Å². The highest BCUT2D eigenvalue weighted by Gasteiger charge is 2.24. The van der Waals surface area contributed by atoms with Gasteiger partial charge in [0.05, 0.1) is 6.61 Å². The molecule has 0 radical (unpaired) electrons. The molecule has 36 heavy (non-hydrogen) atoms. The molecule has 6 nitrogen and oxygen atoms in total. The number of carbonyl (C=O) groups excluding carboxylic acids is 2. The van der Waals surface area contributed by atoms with Gasteiger partial charge in [0.15, 0.2) is 6.10 Å². The fraction of sp³-hybridized carbons (Fsp3) is 0.929. The van der Waals surface area contributed by atoms with Gasteiger partial charge in [-0.15, -0.1) is 0 Å². The second-order valence-corrected chi connectivity index (χ2v) is 13.3. The second-order valence-electron chi connectivity index (χ2n) is 9.85. The molecule has 0 saturated carbocycles. The number of esters is 2. The van der Waals surface area contributed by atoms with Crippen LogP contribution in [0.25, 0.3) is 0 Å². The molecule has 0 aromatic heterocycles. The van der Waals surface area contributed by atoms with Gasteiger partial charge in [-0.25, -0.2) is 0 Å². The maximum atomic E-state index is 12.5. The van der Waals surface area contributed by atoms with Crippen molar-refractivity contribution in [2.75, 3.05) is 19.4 Å². The highest BCUT2D eigenvalue weighted by atomic mass is 35.7. The van der Waals surface area contributed by atoms with Crippen LogP contribution in [0, 0.1) is 0 Å². The molecule has 0 aliphatic rings. The zero-order valence-electron chi connectivity index (χ0n) is 23.4. The third kappa shape index (κ3) is 23.8. The van der Waals surface area contributed by atoms with Crippen LogP contribution in [-0.4, -0.2) is 37.4 Å². The molecule has 2 atom stereocenters. The molecule has 0 aliphatic carbocycles. The van der Waals surface area contributed by atoms with Crippen LogP contribution < -0.4 is 0 Å². The Kier molecular flexibility index (Phi) is 24.3. The third-order valence-electron chi connectivity index (χ3n) is 6.18. The van der Waals surface area contributed by atoms with Gasteiger partial charge < -0.3 is 14.0 Å². The molecule has 0 aromatic rings. The molecule has 1 unspecified atom stereocenters. The van der Waals surface area contributed by atoms with E-state index in [4.69, 9.17) is 25.2 Å². The van der Waals surface area contributed by atoms with Crippen molar-refractivity contribution < 1.29 is 28.2 Å². The monoisotopic (exact) mass is 552 g/mol. The number of carbonyl (C=O) groups is 2. The van der Waals surface area contributed by atoms with E-state index in [2.05, 4.69) is 20.8 Å². The first-order valence-corrected chi connectivity index (χ1v) is 17.3. The lowest BCUT2D eigenvalue weighted by Gasteiger charge is -2.20. The average molecular weight is 553 g/mol. The summed E-state index contributed by atoms with van der Waals surface area (Å²) >= 11 is 6.08. The number of hydrogen-bond acceptors (Lipinski definition) is 6. The second kappa shape index (κ2) is 24.7. The molecule has 8 heteroatoms. The zero-order chi connectivity index (χ0) is 26.9. The summed E-state index contributed by atoms with van der Waals surface area (Å²) in [5.74, 6) is -0.663. The summed E-state index contributed by atoms with van der Waals surface area (Å²) in [6.45, 7) is 2.90. The number of ether oxygens (including phenoxy) is 2. The Labute approximate surface area is 226 Å². The lowest BCUT2D eigenvalue weighted by molar-refractivity contribution is -0.161. The molecule has 0 aliphatic heterocycles. The summed E-state index contributed by atoms with van der Waals surface area (Å²) < 4.78 is 28.8. The summed E-state index contributed by atoms with van der Waals surface area (Å²) in [7, 11) is 0. The van der Waals surface area contributed by atoms with Crippen molar-refractivity contribution in [2.45, 2.75) is 149 Å². The Morgan fingerprint density at radius 3 is 1.61 bits per heavy atom. The highest BCUT2D eigenvalue weighted by Crippen LogP contribution is 2.53. The Balaban J connectivity index is 4.46. The van der Waals surface area contributed by atoms with Crippen LogP contribution in [0.15, 0.2) is 0 Å². The molecule has 0 fully saturated rings. The van der Waals surface area contributed by atoms with Crippen LogP contribution in [0.3, 0.4) is 0 Å². The summed E-state index contributed by atoms with van der Waals surface area (Å²) in [6.07, 6.45) is 18.4. The van der Waals surface area contributed by atoms with Crippen LogP contribution in [-0.2, 0) is 28.2 Å². The minimum atomic E-state index is -3.30. The maximum Gasteiger partial charge on any atom is 0.306 e. The van der Waals surface area contributed by atoms with Crippen LogP contribution in [0.1, 0.15) is 143 Å². The molecule has 0 N–H and O–H groups in total. The molecule has 0 bridgehead atoms. The van der Waals surface area contributed by atoms with Gasteiger partial charge >= 0.3 is 11.9 Å². The molecule has 0 aromatic carbocycles. The molecule has 0 heterocycles. The summed E-state index contributed by atoms with van der Waals surface area (Å²) in [5.41, 5.74) is 0. The highest BCUT2D eigenvalue weighted by molar-refractivity contribution is 7.85. The third-order valence-corrected chi connectivity index (χ3v) is 8.36. The van der Waals surface area contributed by atoms with E-state index >= 15 is 0 Å². The summed E-state index contributed by atoms with van der Waals surface area (Å²) in [4.78, 5) is 24.5. The Morgan fingerprint density at radius 2 is 1.08 bits per heavy atom. The van der Waals surface area contributed by atoms with Gasteiger partial charge in [-0.1, -0.05) is 111 Å². The van der Waals surface area contributed by atoms with Crippen molar-refractivity contribution in [2.24, 2.45) is 0 Å². The fourth-order valence-electron chi connectivity index (χ4n) is 3.88. The lowest BCUT2D eigenvalue weighted by Crippen LogP contribution is -2.29. The van der Waals surface area contributed by atoms with Crippen LogP contribution in [0.5, 0.6) is 0 Å². The van der Waals surface area contributed by atoms with E-state index in [0.29, 0.717) is 19.3 Å². The smallest absolute Gasteiger partial charge is 0.306 e.